The van der Waals surface area contributed by atoms with E-state index in [1.54, 1.807) is 48.7 Å². The predicted octanol–water partition coefficient (Wildman–Crippen LogP) is 2.50. The van der Waals surface area contributed by atoms with Gasteiger partial charge in [-0.3, -0.25) is 14.6 Å². The van der Waals surface area contributed by atoms with Crippen molar-refractivity contribution >= 4 is 35.2 Å². The van der Waals surface area contributed by atoms with Crippen molar-refractivity contribution in [3.63, 3.8) is 0 Å². The van der Waals surface area contributed by atoms with Gasteiger partial charge in [0.05, 0.1) is 10.7 Å². The predicted molar refractivity (Wildman–Crippen MR) is 128 cm³/mol. The number of hydrazone groups is 1. The van der Waals surface area contributed by atoms with Crippen molar-refractivity contribution < 1.29 is 32.6 Å². The van der Waals surface area contributed by atoms with Gasteiger partial charge in [0.15, 0.2) is 0 Å². The van der Waals surface area contributed by atoms with Gasteiger partial charge in [0, 0.05) is 37.8 Å². The number of hydrogen-bond donors (Lipinski definition) is 1. The van der Waals surface area contributed by atoms with Gasteiger partial charge in [0.25, 0.3) is 18.2 Å². The number of amides is 3. The number of carbonyl (C=O) groups excluding carboxylic acids is 3. The molecular weight excluding hydrogens is 512 g/mol. The molecule has 0 unspecified atom stereocenters. The molecule has 196 valence electrons. The van der Waals surface area contributed by atoms with Gasteiger partial charge in [-0.15, -0.1) is 0 Å². The average molecular weight is 536 g/mol. The Hall–Kier alpha value is -3.80. The number of fused-ring (bicyclic) bond motifs is 1. The third kappa shape index (κ3) is 5.79. The number of ether oxygens (including phenoxy) is 2. The molecule has 10 nitrogen and oxygen atoms in total. The van der Waals surface area contributed by atoms with Crippen LogP contribution in [0.2, 0.25) is 5.02 Å². The molecule has 1 saturated heterocycles. The Labute approximate surface area is 216 Å². The van der Waals surface area contributed by atoms with E-state index in [1.165, 1.54) is 4.90 Å². The molecule has 1 aromatic heterocycles. The summed E-state index contributed by atoms with van der Waals surface area (Å²) in [5, 5.41) is 5.23. The third-order valence-electron chi connectivity index (χ3n) is 6.11. The maximum absolute atomic E-state index is 13.5. The van der Waals surface area contributed by atoms with Crippen LogP contribution in [-0.4, -0.2) is 77.3 Å². The number of halogens is 3. The van der Waals surface area contributed by atoms with Crippen molar-refractivity contribution in [2.45, 2.75) is 25.4 Å². The van der Waals surface area contributed by atoms with Crippen LogP contribution < -0.4 is 10.5 Å². The molecule has 2 N–H and O–H groups in total. The molecule has 1 fully saturated rings. The summed E-state index contributed by atoms with van der Waals surface area (Å²) < 4.78 is 36.9. The molecule has 4 rings (SSSR count). The van der Waals surface area contributed by atoms with Crippen LogP contribution in [0.5, 0.6) is 5.75 Å². The number of carbonyl (C=O) groups is 3. The Balaban J connectivity index is 1.58. The zero-order valence-corrected chi connectivity index (χ0v) is 20.3. The summed E-state index contributed by atoms with van der Waals surface area (Å²) in [6, 6.07) is 11.7. The summed E-state index contributed by atoms with van der Waals surface area (Å²) in [6.45, 7) is -1.31. The van der Waals surface area contributed by atoms with Crippen LogP contribution in [0.1, 0.15) is 12.1 Å². The van der Waals surface area contributed by atoms with Crippen LogP contribution in [0.3, 0.4) is 0 Å². The summed E-state index contributed by atoms with van der Waals surface area (Å²) in [6.07, 6.45) is -3.66. The van der Waals surface area contributed by atoms with Crippen molar-refractivity contribution in [1.82, 2.24) is 14.9 Å². The Morgan fingerprint density at radius 2 is 1.95 bits per heavy atom. The number of nitrogens with zero attached hydrogens (tertiary/aromatic N) is 4. The number of likely N-dealkylation sites (tertiary alicyclic amines) is 1. The molecule has 0 spiro atoms. The molecule has 3 amide bonds. The summed E-state index contributed by atoms with van der Waals surface area (Å²) in [7, 11) is 0. The number of pyridine rings is 1. The summed E-state index contributed by atoms with van der Waals surface area (Å²) in [5.74, 6) is -1.04. The van der Waals surface area contributed by atoms with E-state index in [-0.39, 0.29) is 43.3 Å². The molecular formula is C24H24ClF2N5O5. The molecule has 2 aliphatic heterocycles. The first-order valence-electron chi connectivity index (χ1n) is 11.4. The molecule has 0 aliphatic carbocycles. The topological polar surface area (TPSA) is 127 Å². The van der Waals surface area contributed by atoms with Gasteiger partial charge in [-0.05, 0) is 24.3 Å². The fourth-order valence-electron chi connectivity index (χ4n) is 4.47. The lowest BCUT2D eigenvalue weighted by molar-refractivity contribution is -0.147. The fourth-order valence-corrected chi connectivity index (χ4v) is 4.66. The molecule has 2 atom stereocenters. The quantitative estimate of drug-likeness (QED) is 0.525. The first-order chi connectivity index (χ1) is 17.7. The number of hydrogen-bond acceptors (Lipinski definition) is 7. The van der Waals surface area contributed by atoms with E-state index in [4.69, 9.17) is 26.8 Å². The average Bonchev–Trinajstić information content (AvgIpc) is 3.12. The number of benzene rings is 1. The van der Waals surface area contributed by atoms with E-state index in [2.05, 4.69) is 10.1 Å². The second-order valence-corrected chi connectivity index (χ2v) is 8.99. The number of aromatic nitrogens is 1. The first-order valence-corrected chi connectivity index (χ1v) is 11.8. The number of piperidine rings is 1. The Morgan fingerprint density at radius 3 is 2.62 bits per heavy atom. The Morgan fingerprint density at radius 1 is 1.19 bits per heavy atom. The number of primary amides is 1. The van der Waals surface area contributed by atoms with Crippen LogP contribution in [0.25, 0.3) is 0 Å². The highest BCUT2D eigenvalue weighted by Gasteiger charge is 2.55. The molecule has 13 heteroatoms. The highest BCUT2D eigenvalue weighted by atomic mass is 35.5. The minimum absolute atomic E-state index is 0.0481. The lowest BCUT2D eigenvalue weighted by Gasteiger charge is -2.40. The molecule has 0 saturated carbocycles. The SMILES string of the molecule is NC(=O)O[C@H](COc1ccccc1Cl)C(=O)N1CCC2=NN(CC(F)F)C(=O)[C@]2(Cc2ccccn2)C1. The van der Waals surface area contributed by atoms with Crippen LogP contribution >= 0.6 is 11.6 Å². The standard InChI is InChI=1S/C24H24ClF2N5O5/c25-16-6-1-2-7-17(16)36-13-18(37-23(28)35)21(33)31-10-8-19-24(14-31,11-15-5-3-4-9-29-15)22(34)32(30-19)12-20(26)27/h1-7,9,18,20H,8,10-14H2,(H2,28,35)/t18-,24-/m1/s1. The molecule has 37 heavy (non-hydrogen) atoms. The summed E-state index contributed by atoms with van der Waals surface area (Å²) in [5.41, 5.74) is 4.72. The van der Waals surface area contributed by atoms with E-state index < -0.39 is 42.4 Å². The van der Waals surface area contributed by atoms with Crippen molar-refractivity contribution in [2.24, 2.45) is 16.3 Å². The number of rotatable bonds is 9. The van der Waals surface area contributed by atoms with Gasteiger partial charge < -0.3 is 20.1 Å². The largest absolute Gasteiger partial charge is 0.488 e. The minimum Gasteiger partial charge on any atom is -0.488 e. The normalized spacial score (nSPS) is 19.9. The van der Waals surface area contributed by atoms with E-state index in [0.29, 0.717) is 11.4 Å². The van der Waals surface area contributed by atoms with Crippen LogP contribution in [0.15, 0.2) is 53.8 Å². The van der Waals surface area contributed by atoms with Crippen molar-refractivity contribution in [3.05, 3.63) is 59.4 Å². The molecule has 0 radical (unpaired) electrons. The lowest BCUT2D eigenvalue weighted by Crippen LogP contribution is -2.58. The molecule has 3 heterocycles. The fraction of sp³-hybridized carbons (Fsp3) is 0.375. The van der Waals surface area contributed by atoms with Gasteiger partial charge in [0.1, 0.15) is 24.3 Å². The van der Waals surface area contributed by atoms with E-state index in [9.17, 15) is 23.2 Å². The van der Waals surface area contributed by atoms with Crippen molar-refractivity contribution in [2.75, 3.05) is 26.2 Å². The van der Waals surface area contributed by atoms with E-state index in [1.807, 2.05) is 0 Å². The van der Waals surface area contributed by atoms with Crippen molar-refractivity contribution in [3.8, 4) is 5.75 Å². The van der Waals surface area contributed by atoms with E-state index >= 15 is 0 Å². The number of alkyl halides is 2. The zero-order chi connectivity index (χ0) is 26.6. The van der Waals surface area contributed by atoms with Crippen molar-refractivity contribution in [1.29, 1.82) is 0 Å². The number of nitrogens with two attached hydrogens (primary N) is 1. The highest BCUT2D eigenvalue weighted by molar-refractivity contribution is 6.32. The molecule has 0 bridgehead atoms. The van der Waals surface area contributed by atoms with Crippen LogP contribution in [0, 0.1) is 5.41 Å². The monoisotopic (exact) mass is 535 g/mol. The van der Waals surface area contributed by atoms with Gasteiger partial charge in [0.2, 0.25) is 6.10 Å². The lowest BCUT2D eigenvalue weighted by atomic mass is 9.74. The van der Waals surface area contributed by atoms with Gasteiger partial charge in [-0.1, -0.05) is 29.8 Å². The van der Waals surface area contributed by atoms with Gasteiger partial charge >= 0.3 is 6.09 Å². The smallest absolute Gasteiger partial charge is 0.405 e. The summed E-state index contributed by atoms with van der Waals surface area (Å²) >= 11 is 6.10. The Bertz CT molecular complexity index is 1200. The number of para-hydroxylation sites is 1. The zero-order valence-electron chi connectivity index (χ0n) is 19.6. The molecule has 1 aromatic carbocycles. The van der Waals surface area contributed by atoms with Crippen LogP contribution in [0.4, 0.5) is 13.6 Å². The summed E-state index contributed by atoms with van der Waals surface area (Å²) in [4.78, 5) is 44.0. The van der Waals surface area contributed by atoms with Gasteiger partial charge in [-0.2, -0.15) is 5.10 Å². The third-order valence-corrected chi connectivity index (χ3v) is 6.42. The van der Waals surface area contributed by atoms with E-state index in [0.717, 1.165) is 5.01 Å². The second kappa shape index (κ2) is 11.1. The first kappa shape index (κ1) is 26.3. The van der Waals surface area contributed by atoms with Crippen LogP contribution in [-0.2, 0) is 20.7 Å². The maximum Gasteiger partial charge on any atom is 0.405 e. The molecule has 2 aromatic rings. The van der Waals surface area contributed by atoms with Gasteiger partial charge in [-0.25, -0.2) is 18.6 Å². The minimum atomic E-state index is -2.78. The molecule has 2 aliphatic rings. The maximum atomic E-state index is 13.5. The highest BCUT2D eigenvalue weighted by Crippen LogP contribution is 2.39. The second-order valence-electron chi connectivity index (χ2n) is 8.58. The Kier molecular flexibility index (Phi) is 7.86.